The zero-order chi connectivity index (χ0) is 15.2. The summed E-state index contributed by atoms with van der Waals surface area (Å²) < 4.78 is 0. The molecule has 0 amide bonds. The highest BCUT2D eigenvalue weighted by Gasteiger charge is 2.41. The summed E-state index contributed by atoms with van der Waals surface area (Å²) in [7, 11) is 0. The predicted octanol–water partition coefficient (Wildman–Crippen LogP) is 2.17. The number of amidine groups is 1. The molecule has 1 atom stereocenters. The summed E-state index contributed by atoms with van der Waals surface area (Å²) in [5, 5.41) is 8.51. The van der Waals surface area contributed by atoms with Crippen LogP contribution >= 0.6 is 0 Å². The molecule has 1 saturated heterocycles. The molecule has 2 aliphatic heterocycles. The minimum absolute atomic E-state index is 0.00637. The maximum Gasteiger partial charge on any atom is 0.134 e. The van der Waals surface area contributed by atoms with Crippen molar-refractivity contribution in [2.24, 2.45) is 0 Å². The number of nitrogens with one attached hydrogen (secondary N) is 3. The number of rotatable bonds is 1. The Balaban J connectivity index is 1.97. The van der Waals surface area contributed by atoms with E-state index in [4.69, 9.17) is 5.41 Å². The highest BCUT2D eigenvalue weighted by molar-refractivity contribution is 6.09. The van der Waals surface area contributed by atoms with Crippen molar-refractivity contribution >= 4 is 11.5 Å². The van der Waals surface area contributed by atoms with Gasteiger partial charge in [0.25, 0.3) is 0 Å². The topological polar surface area (TPSA) is 54.4 Å². The van der Waals surface area contributed by atoms with Crippen molar-refractivity contribution in [3.05, 3.63) is 41.6 Å². The lowest BCUT2D eigenvalue weighted by Gasteiger charge is -2.48. The third-order valence-corrected chi connectivity index (χ3v) is 4.10. The lowest BCUT2D eigenvalue weighted by Crippen LogP contribution is -2.64. The van der Waals surface area contributed by atoms with Crippen LogP contribution in [0.4, 0.5) is 5.69 Å². The molecule has 3 rings (SSSR count). The average molecular weight is 285 g/mol. The number of hydrazine groups is 1. The van der Waals surface area contributed by atoms with Gasteiger partial charge in [-0.3, -0.25) is 10.3 Å². The van der Waals surface area contributed by atoms with Crippen molar-refractivity contribution in [2.75, 3.05) is 11.6 Å². The van der Waals surface area contributed by atoms with E-state index in [-0.39, 0.29) is 11.7 Å². The predicted molar refractivity (Wildman–Crippen MR) is 86.0 cm³/mol. The number of hydrogen-bond donors (Lipinski definition) is 3. The Labute approximate surface area is 126 Å². The molecule has 5 nitrogen and oxygen atoms in total. The largest absolute Gasteiger partial charge is 0.326 e. The van der Waals surface area contributed by atoms with E-state index in [0.717, 1.165) is 11.3 Å². The summed E-state index contributed by atoms with van der Waals surface area (Å²) in [4.78, 5) is 4.42. The Morgan fingerprint density at radius 1 is 1.19 bits per heavy atom. The van der Waals surface area contributed by atoms with E-state index in [0.29, 0.717) is 12.5 Å². The molecule has 1 fully saturated rings. The summed E-state index contributed by atoms with van der Waals surface area (Å²) in [6.07, 6.45) is 1.95. The van der Waals surface area contributed by atoms with Gasteiger partial charge in [-0.15, -0.1) is 0 Å². The molecule has 2 heterocycles. The maximum absolute atomic E-state index is 8.51. The minimum Gasteiger partial charge on any atom is -0.326 e. The van der Waals surface area contributed by atoms with Crippen LogP contribution in [0.25, 0.3) is 0 Å². The molecule has 0 radical (unpaired) electrons. The number of fused-ring (bicyclic) bond motifs is 1. The van der Waals surface area contributed by atoms with Crippen LogP contribution in [0.3, 0.4) is 0 Å². The lowest BCUT2D eigenvalue weighted by molar-refractivity contribution is 0.0827. The van der Waals surface area contributed by atoms with Crippen molar-refractivity contribution in [3.8, 4) is 0 Å². The first kappa shape index (κ1) is 14.1. The summed E-state index contributed by atoms with van der Waals surface area (Å²) in [5.74, 6) is 0.557. The van der Waals surface area contributed by atoms with Crippen molar-refractivity contribution in [2.45, 2.75) is 39.4 Å². The van der Waals surface area contributed by atoms with Gasteiger partial charge in [-0.1, -0.05) is 17.7 Å². The Morgan fingerprint density at radius 2 is 1.86 bits per heavy atom. The molecule has 1 unspecified atom stereocenters. The van der Waals surface area contributed by atoms with Gasteiger partial charge in [-0.2, -0.15) is 0 Å². The van der Waals surface area contributed by atoms with Gasteiger partial charge in [0, 0.05) is 23.0 Å². The lowest BCUT2D eigenvalue weighted by atomic mass is 10.00. The van der Waals surface area contributed by atoms with Crippen LogP contribution in [0.1, 0.15) is 26.3 Å². The van der Waals surface area contributed by atoms with E-state index < -0.39 is 0 Å². The molecule has 1 aromatic rings. The summed E-state index contributed by atoms with van der Waals surface area (Å²) >= 11 is 0. The van der Waals surface area contributed by atoms with Gasteiger partial charge in [0.15, 0.2) is 0 Å². The summed E-state index contributed by atoms with van der Waals surface area (Å²) in [6, 6.07) is 8.36. The van der Waals surface area contributed by atoms with Gasteiger partial charge in [0.2, 0.25) is 0 Å². The van der Waals surface area contributed by atoms with Gasteiger partial charge in [0.05, 0.1) is 6.67 Å². The highest BCUT2D eigenvalue weighted by atomic mass is 15.5. The van der Waals surface area contributed by atoms with Crippen molar-refractivity contribution in [1.29, 1.82) is 5.41 Å². The molecule has 112 valence electrons. The van der Waals surface area contributed by atoms with Gasteiger partial charge < -0.3 is 10.3 Å². The molecule has 2 aliphatic rings. The third kappa shape index (κ3) is 2.43. The molecular weight excluding hydrogens is 262 g/mol. The van der Waals surface area contributed by atoms with Crippen molar-refractivity contribution < 1.29 is 0 Å². The van der Waals surface area contributed by atoms with Gasteiger partial charge in [0.1, 0.15) is 12.0 Å². The van der Waals surface area contributed by atoms with Crippen LogP contribution in [-0.2, 0) is 0 Å². The quantitative estimate of drug-likeness (QED) is 0.740. The zero-order valence-electron chi connectivity index (χ0n) is 13.1. The van der Waals surface area contributed by atoms with E-state index in [2.05, 4.69) is 72.6 Å². The van der Waals surface area contributed by atoms with Crippen LogP contribution in [0, 0.1) is 12.3 Å². The Morgan fingerprint density at radius 3 is 2.48 bits per heavy atom. The molecule has 0 bridgehead atoms. The number of nitrogens with zero attached hydrogens (tertiary/aromatic N) is 2. The molecule has 3 N–H and O–H groups in total. The molecule has 0 spiro atoms. The van der Waals surface area contributed by atoms with Gasteiger partial charge >= 0.3 is 0 Å². The van der Waals surface area contributed by atoms with E-state index >= 15 is 0 Å². The monoisotopic (exact) mass is 285 g/mol. The second-order valence-electron chi connectivity index (χ2n) is 6.69. The molecule has 0 saturated carbocycles. The number of anilines is 1. The number of benzene rings is 1. The normalized spacial score (nSPS) is 22.9. The van der Waals surface area contributed by atoms with Crippen molar-refractivity contribution in [3.63, 3.8) is 0 Å². The second-order valence-corrected chi connectivity index (χ2v) is 6.69. The fraction of sp³-hybridized carbons (Fsp3) is 0.438. The molecule has 0 aliphatic carbocycles. The molecular formula is C16H23N5. The van der Waals surface area contributed by atoms with Crippen LogP contribution in [-0.4, -0.2) is 29.1 Å². The highest BCUT2D eigenvalue weighted by Crippen LogP contribution is 2.31. The first-order valence-corrected chi connectivity index (χ1v) is 7.29. The van der Waals surface area contributed by atoms with Crippen LogP contribution in [0.15, 0.2) is 36.0 Å². The van der Waals surface area contributed by atoms with E-state index in [1.807, 2.05) is 6.20 Å². The summed E-state index contributed by atoms with van der Waals surface area (Å²) in [6.45, 7) is 9.38. The fourth-order valence-electron chi connectivity index (χ4n) is 2.79. The van der Waals surface area contributed by atoms with E-state index in [1.165, 1.54) is 5.56 Å². The second kappa shape index (κ2) is 4.86. The third-order valence-electron chi connectivity index (χ3n) is 4.10. The zero-order valence-corrected chi connectivity index (χ0v) is 13.1. The first-order valence-electron chi connectivity index (χ1n) is 7.29. The average Bonchev–Trinajstić information content (AvgIpc) is 2.89. The Kier molecular flexibility index (Phi) is 3.26. The van der Waals surface area contributed by atoms with Crippen LogP contribution in [0.5, 0.6) is 0 Å². The first-order chi connectivity index (χ1) is 9.88. The van der Waals surface area contributed by atoms with Gasteiger partial charge in [-0.05, 0) is 39.8 Å². The molecule has 21 heavy (non-hydrogen) atoms. The van der Waals surface area contributed by atoms with E-state index in [9.17, 15) is 0 Å². The van der Waals surface area contributed by atoms with Crippen LogP contribution < -0.4 is 15.8 Å². The Hall–Kier alpha value is -1.85. The SMILES string of the molecule is Cc1ccc(N2CN(C(C)(C)C)C3NNC=C3C2=N)cc1. The number of hydrogen-bond acceptors (Lipinski definition) is 4. The summed E-state index contributed by atoms with van der Waals surface area (Å²) in [5.41, 5.74) is 9.58. The minimum atomic E-state index is 0.00637. The smallest absolute Gasteiger partial charge is 0.134 e. The van der Waals surface area contributed by atoms with Crippen molar-refractivity contribution in [1.82, 2.24) is 15.8 Å². The standard InChI is InChI=1S/C16H23N5/c1-11-5-7-12(8-6-11)20-10-21(16(2,3)4)15-13(14(20)17)9-18-19-15/h5-9,15,17-19H,10H2,1-4H3. The van der Waals surface area contributed by atoms with E-state index in [1.54, 1.807) is 0 Å². The Bertz CT molecular complexity index is 582. The van der Waals surface area contributed by atoms with Crippen LogP contribution in [0.2, 0.25) is 0 Å². The number of aryl methyl sites for hydroxylation is 1. The van der Waals surface area contributed by atoms with Gasteiger partial charge in [-0.25, -0.2) is 5.43 Å². The molecule has 0 aromatic heterocycles. The fourth-order valence-corrected chi connectivity index (χ4v) is 2.79. The molecule has 5 heteroatoms. The molecule has 1 aromatic carbocycles. The maximum atomic E-state index is 8.51.